The number of aromatic nitrogens is 1. The van der Waals surface area contributed by atoms with Crippen LogP contribution in [0.3, 0.4) is 0 Å². The molecule has 3 aromatic rings. The lowest BCUT2D eigenvalue weighted by Crippen LogP contribution is -2.51. The monoisotopic (exact) mass is 699 g/mol. The lowest BCUT2D eigenvalue weighted by atomic mass is 10.0. The Hall–Kier alpha value is -4.22. The summed E-state index contributed by atoms with van der Waals surface area (Å²) in [4.78, 5) is 64.7. The van der Waals surface area contributed by atoms with Crippen molar-refractivity contribution in [1.82, 2.24) is 24.6 Å². The number of likely N-dealkylation sites (tertiary alicyclic amines) is 2. The van der Waals surface area contributed by atoms with E-state index in [0.29, 0.717) is 49.1 Å². The van der Waals surface area contributed by atoms with E-state index in [0.717, 1.165) is 47.8 Å². The predicted octanol–water partition coefficient (Wildman–Crippen LogP) is 5.65. The van der Waals surface area contributed by atoms with Gasteiger partial charge in [0.2, 0.25) is 23.6 Å². The number of carbonyl (C=O) groups is 4. The number of anilines is 2. The lowest BCUT2D eigenvalue weighted by molar-refractivity contribution is -0.141. The molecule has 2 fully saturated rings. The van der Waals surface area contributed by atoms with Crippen LogP contribution in [0.2, 0.25) is 0 Å². The van der Waals surface area contributed by atoms with Crippen LogP contribution in [0.1, 0.15) is 66.2 Å². The van der Waals surface area contributed by atoms with E-state index in [4.69, 9.17) is 0 Å². The average Bonchev–Trinajstić information content (AvgIpc) is 3.85. The number of nitrogens with one attached hydrogen (secondary N) is 3. The summed E-state index contributed by atoms with van der Waals surface area (Å²) in [6.45, 7) is 9.63. The van der Waals surface area contributed by atoms with Gasteiger partial charge in [0, 0.05) is 41.1 Å². The number of fused-ring (bicyclic) bond motifs is 1. The molecular weight excluding hydrogens is 642 g/mol. The number of carbonyl (C=O) groups excluding carboxylic acids is 4. The molecule has 0 spiro atoms. The van der Waals surface area contributed by atoms with E-state index in [1.54, 1.807) is 9.80 Å². The van der Waals surface area contributed by atoms with E-state index in [1.165, 1.54) is 0 Å². The topological polar surface area (TPSA) is 121 Å². The molecule has 11 heteroatoms. The Morgan fingerprint density at radius 2 is 1.18 bits per heavy atom. The van der Waals surface area contributed by atoms with Crippen molar-refractivity contribution in [2.45, 2.75) is 90.4 Å². The minimum absolute atomic E-state index is 0.0218. The molecule has 0 bridgehead atoms. The summed E-state index contributed by atoms with van der Waals surface area (Å²) in [6, 6.07) is 14.0. The Labute approximate surface area is 303 Å². The molecule has 2 saturated heterocycles. The molecule has 1 aromatic heterocycles. The summed E-state index contributed by atoms with van der Waals surface area (Å²) < 4.78 is 0. The van der Waals surface area contributed by atoms with Crippen LogP contribution < -0.4 is 10.6 Å². The van der Waals surface area contributed by atoms with Crippen LogP contribution in [0, 0.1) is 11.8 Å². The van der Waals surface area contributed by atoms with Gasteiger partial charge in [0.05, 0.1) is 12.1 Å². The van der Waals surface area contributed by atoms with Crippen LogP contribution in [-0.2, 0) is 19.2 Å². The highest BCUT2D eigenvalue weighted by atomic mass is 16.2. The fourth-order valence-corrected chi connectivity index (χ4v) is 7.50. The predicted molar refractivity (Wildman–Crippen MR) is 204 cm³/mol. The van der Waals surface area contributed by atoms with E-state index in [-0.39, 0.29) is 35.7 Å². The Morgan fingerprint density at radius 3 is 1.65 bits per heavy atom. The van der Waals surface area contributed by atoms with Gasteiger partial charge in [-0.3, -0.25) is 29.0 Å². The Balaban J connectivity index is 1.22. The highest BCUT2D eigenvalue weighted by Gasteiger charge is 2.39. The maximum Gasteiger partial charge on any atom is 0.247 e. The van der Waals surface area contributed by atoms with Crippen LogP contribution in [0.25, 0.3) is 22.2 Å². The molecule has 0 saturated carbocycles. The van der Waals surface area contributed by atoms with Gasteiger partial charge >= 0.3 is 0 Å². The van der Waals surface area contributed by atoms with Crippen molar-refractivity contribution in [3.8, 4) is 11.3 Å². The summed E-state index contributed by atoms with van der Waals surface area (Å²) in [5.74, 6) is 0.470. The Morgan fingerprint density at radius 1 is 0.706 bits per heavy atom. The zero-order chi connectivity index (χ0) is 37.0. The maximum atomic E-state index is 13.5. The number of rotatable bonds is 13. The van der Waals surface area contributed by atoms with Gasteiger partial charge in [-0.2, -0.15) is 0 Å². The molecule has 51 heavy (non-hydrogen) atoms. The molecule has 4 amide bonds. The van der Waals surface area contributed by atoms with E-state index in [9.17, 15) is 19.2 Å². The van der Waals surface area contributed by atoms with E-state index in [1.807, 2.05) is 86.5 Å². The van der Waals surface area contributed by atoms with Crippen LogP contribution in [0.4, 0.5) is 11.4 Å². The van der Waals surface area contributed by atoms with Crippen LogP contribution >= 0.6 is 0 Å². The SMILES string of the molecule is CC(C)C[C@H](C(=O)N1CCC[C@H]1C(=O)Nc1ccc(-c2cc3cc(NC(=O)[C@@H]4CCCN4C(=O)[C@@H](CC(C)C)N(C)C)ccc3[nH]2)cc1)N(C)C. The fraction of sp³-hybridized carbons (Fsp3) is 0.550. The molecular formula is C40H57N7O4. The van der Waals surface area contributed by atoms with Gasteiger partial charge in [-0.25, -0.2) is 0 Å². The van der Waals surface area contributed by atoms with Gasteiger partial charge in [-0.1, -0.05) is 39.8 Å². The molecule has 0 radical (unpaired) electrons. The van der Waals surface area contributed by atoms with Crippen LogP contribution in [0.5, 0.6) is 0 Å². The van der Waals surface area contributed by atoms with Gasteiger partial charge in [-0.15, -0.1) is 0 Å². The first-order chi connectivity index (χ1) is 24.2. The standard InChI is InChI=1S/C40H57N7O4/c1-25(2)21-35(44(5)6)39(50)46-19-9-11-33(46)37(48)41-29-15-13-27(14-16-29)32-24-28-23-30(17-18-31(28)43-32)42-38(49)34-12-10-20-47(34)40(51)36(45(7)8)22-26(3)4/h13-18,23-26,33-36,43H,9-12,19-22H2,1-8H3,(H,41,48)(H,42,49)/t33-,34-,35+,36+/m0/s1. The zero-order valence-electron chi connectivity index (χ0n) is 31.7. The van der Waals surface area contributed by atoms with Crippen LogP contribution in [0.15, 0.2) is 48.5 Å². The summed E-state index contributed by atoms with van der Waals surface area (Å²) in [5.41, 5.74) is 4.15. The van der Waals surface area contributed by atoms with Gasteiger partial charge < -0.3 is 25.4 Å². The van der Waals surface area contributed by atoms with Crippen molar-refractivity contribution < 1.29 is 19.2 Å². The second-order valence-electron chi connectivity index (χ2n) is 15.6. The number of nitrogens with zero attached hydrogens (tertiary/aromatic N) is 4. The molecule has 0 aliphatic carbocycles. The molecule has 3 heterocycles. The first-order valence-electron chi connectivity index (χ1n) is 18.5. The third kappa shape index (κ3) is 8.99. The van der Waals surface area contributed by atoms with Gasteiger partial charge in [0.25, 0.3) is 0 Å². The number of benzene rings is 2. The lowest BCUT2D eigenvalue weighted by Gasteiger charge is -2.32. The summed E-state index contributed by atoms with van der Waals surface area (Å²) in [6.07, 6.45) is 4.42. The molecule has 5 rings (SSSR count). The van der Waals surface area contributed by atoms with Crippen molar-refractivity contribution >= 4 is 45.9 Å². The molecule has 3 N–H and O–H groups in total. The first kappa shape index (κ1) is 38.0. The van der Waals surface area contributed by atoms with Crippen molar-refractivity contribution in [2.75, 3.05) is 51.9 Å². The van der Waals surface area contributed by atoms with Crippen molar-refractivity contribution in [3.05, 3.63) is 48.5 Å². The molecule has 11 nitrogen and oxygen atoms in total. The average molecular weight is 700 g/mol. The number of hydrogen-bond acceptors (Lipinski definition) is 6. The third-order valence-corrected chi connectivity index (χ3v) is 10.2. The number of aromatic amines is 1. The van der Waals surface area contributed by atoms with E-state index in [2.05, 4.69) is 43.3 Å². The number of hydrogen-bond donors (Lipinski definition) is 3. The highest BCUT2D eigenvalue weighted by Crippen LogP contribution is 2.29. The van der Waals surface area contributed by atoms with Crippen molar-refractivity contribution in [1.29, 1.82) is 0 Å². The Kier molecular flexibility index (Phi) is 12.2. The quantitative estimate of drug-likeness (QED) is 0.212. The molecule has 4 atom stereocenters. The second kappa shape index (κ2) is 16.4. The fourth-order valence-electron chi connectivity index (χ4n) is 7.50. The van der Waals surface area contributed by atoms with E-state index < -0.39 is 12.1 Å². The van der Waals surface area contributed by atoms with Gasteiger partial charge in [0.15, 0.2) is 0 Å². The largest absolute Gasteiger partial charge is 0.355 e. The maximum absolute atomic E-state index is 13.5. The highest BCUT2D eigenvalue weighted by molar-refractivity contribution is 6.00. The van der Waals surface area contributed by atoms with Crippen LogP contribution in [-0.4, -0.2) is 114 Å². The minimum atomic E-state index is -0.485. The first-order valence-corrected chi connectivity index (χ1v) is 18.5. The summed E-state index contributed by atoms with van der Waals surface area (Å²) in [5, 5.41) is 7.06. The van der Waals surface area contributed by atoms with Gasteiger partial charge in [-0.05, 0) is 121 Å². The normalized spacial score (nSPS) is 19.1. The zero-order valence-corrected chi connectivity index (χ0v) is 31.7. The van der Waals surface area contributed by atoms with Crippen molar-refractivity contribution in [3.63, 3.8) is 0 Å². The van der Waals surface area contributed by atoms with E-state index >= 15 is 0 Å². The third-order valence-electron chi connectivity index (χ3n) is 10.2. The van der Waals surface area contributed by atoms with Gasteiger partial charge in [0.1, 0.15) is 12.1 Å². The number of H-pyrrole nitrogens is 1. The van der Waals surface area contributed by atoms with Crippen molar-refractivity contribution in [2.24, 2.45) is 11.8 Å². The summed E-state index contributed by atoms with van der Waals surface area (Å²) >= 11 is 0. The number of likely N-dealkylation sites (N-methyl/N-ethyl adjacent to an activating group) is 2. The smallest absolute Gasteiger partial charge is 0.247 e. The molecule has 276 valence electrons. The summed E-state index contributed by atoms with van der Waals surface area (Å²) in [7, 11) is 7.69. The molecule has 2 aliphatic heterocycles. The minimum Gasteiger partial charge on any atom is -0.355 e. The molecule has 0 unspecified atom stereocenters. The second-order valence-corrected chi connectivity index (χ2v) is 15.6. The number of amides is 4. The molecule has 2 aromatic carbocycles. The molecule has 2 aliphatic rings. The Bertz CT molecular complexity index is 1700.